The monoisotopic (exact) mass is 262 g/mol. The van der Waals surface area contributed by atoms with Gasteiger partial charge in [-0.1, -0.05) is 41.6 Å². The second kappa shape index (κ2) is 5.22. The molecule has 0 saturated carbocycles. The lowest BCUT2D eigenvalue weighted by Crippen LogP contribution is -2.14. The second-order valence-corrected chi connectivity index (χ2v) is 4.68. The van der Waals surface area contributed by atoms with E-state index < -0.39 is 0 Å². The molecule has 0 aliphatic carbocycles. The van der Waals surface area contributed by atoms with Gasteiger partial charge in [0.1, 0.15) is 6.54 Å². The van der Waals surface area contributed by atoms with Crippen LogP contribution in [0, 0.1) is 6.92 Å². The average Bonchev–Trinajstić information content (AvgIpc) is 2.71. The molecule has 0 unspecified atom stereocenters. The van der Waals surface area contributed by atoms with Crippen LogP contribution in [-0.4, -0.2) is 26.8 Å². The fourth-order valence-electron chi connectivity index (χ4n) is 1.50. The van der Waals surface area contributed by atoms with Gasteiger partial charge in [-0.2, -0.15) is 4.98 Å². The smallest absolute Gasteiger partial charge is 0.219 e. The number of nitrogen functional groups attached to an aromatic ring is 1. The lowest BCUT2D eigenvalue weighted by Gasteiger charge is -2.02. The van der Waals surface area contributed by atoms with Gasteiger partial charge in [0.25, 0.3) is 0 Å². The normalized spacial score (nSPS) is 10.6. The van der Waals surface area contributed by atoms with Gasteiger partial charge < -0.3 is 5.73 Å². The summed E-state index contributed by atoms with van der Waals surface area (Å²) in [6.07, 6.45) is 1.86. The van der Waals surface area contributed by atoms with Gasteiger partial charge >= 0.3 is 0 Å². The van der Waals surface area contributed by atoms with Crippen LogP contribution in [0.1, 0.15) is 15.9 Å². The van der Waals surface area contributed by atoms with Crippen LogP contribution in [0.15, 0.2) is 29.4 Å². The first-order chi connectivity index (χ1) is 8.60. The summed E-state index contributed by atoms with van der Waals surface area (Å²) in [6.45, 7) is 2.09. The minimum atomic E-state index is -0.0285. The van der Waals surface area contributed by atoms with Crippen LogP contribution in [0.3, 0.4) is 0 Å². The molecule has 0 fully saturated rings. The van der Waals surface area contributed by atoms with Crippen LogP contribution < -0.4 is 5.73 Å². The van der Waals surface area contributed by atoms with Gasteiger partial charge in [0, 0.05) is 5.56 Å². The Balaban J connectivity index is 2.15. The highest BCUT2D eigenvalue weighted by atomic mass is 32.2. The lowest BCUT2D eigenvalue weighted by atomic mass is 10.1. The summed E-state index contributed by atoms with van der Waals surface area (Å²) in [7, 11) is 0. The molecule has 94 valence electrons. The number of anilines is 1. The number of nitrogens with two attached hydrogens (primary N) is 1. The summed E-state index contributed by atoms with van der Waals surface area (Å²) in [5.74, 6) is 0.235. The molecule has 0 radical (unpaired) electrons. The molecule has 2 rings (SSSR count). The van der Waals surface area contributed by atoms with Crippen LogP contribution in [0.2, 0.25) is 0 Å². The Morgan fingerprint density at radius 3 is 2.61 bits per heavy atom. The van der Waals surface area contributed by atoms with Crippen LogP contribution in [0.5, 0.6) is 0 Å². The molecule has 0 bridgehead atoms. The van der Waals surface area contributed by atoms with E-state index in [1.165, 1.54) is 16.4 Å². The van der Waals surface area contributed by atoms with Gasteiger partial charge in [0.2, 0.25) is 11.1 Å². The van der Waals surface area contributed by atoms with Crippen molar-refractivity contribution in [2.45, 2.75) is 18.6 Å². The van der Waals surface area contributed by atoms with Crippen LogP contribution in [0.4, 0.5) is 5.95 Å². The van der Waals surface area contributed by atoms with Gasteiger partial charge in [-0.3, -0.25) is 4.79 Å². The van der Waals surface area contributed by atoms with E-state index in [9.17, 15) is 4.79 Å². The summed E-state index contributed by atoms with van der Waals surface area (Å²) >= 11 is 1.39. The highest BCUT2D eigenvalue weighted by molar-refractivity contribution is 7.98. The van der Waals surface area contributed by atoms with Crippen molar-refractivity contribution >= 4 is 23.5 Å². The highest BCUT2D eigenvalue weighted by Gasteiger charge is 2.11. The number of ketones is 1. The standard InChI is InChI=1S/C12H14N4OS/c1-8-3-5-9(6-4-8)10(17)7-16-11(13)14-12(15-16)18-2/h3-6H,7H2,1-2H3,(H2,13,14,15). The van der Waals surface area contributed by atoms with E-state index in [4.69, 9.17) is 5.73 Å². The van der Waals surface area contributed by atoms with Crippen molar-refractivity contribution in [3.05, 3.63) is 35.4 Å². The quantitative estimate of drug-likeness (QED) is 0.671. The molecule has 0 saturated heterocycles. The van der Waals surface area contributed by atoms with Crippen molar-refractivity contribution in [2.75, 3.05) is 12.0 Å². The number of benzene rings is 1. The number of carbonyl (C=O) groups is 1. The minimum Gasteiger partial charge on any atom is -0.368 e. The van der Waals surface area contributed by atoms with Gasteiger partial charge in [0.05, 0.1) is 0 Å². The fourth-order valence-corrected chi connectivity index (χ4v) is 1.87. The summed E-state index contributed by atoms with van der Waals surface area (Å²) in [5, 5.41) is 4.71. The van der Waals surface area contributed by atoms with Crippen LogP contribution in [0.25, 0.3) is 0 Å². The summed E-state index contributed by atoms with van der Waals surface area (Å²) in [5.41, 5.74) is 7.47. The first-order valence-corrected chi connectivity index (χ1v) is 6.67. The number of rotatable bonds is 4. The largest absolute Gasteiger partial charge is 0.368 e. The molecular weight excluding hydrogens is 248 g/mol. The summed E-state index contributed by atoms with van der Waals surface area (Å²) in [6, 6.07) is 7.43. The minimum absolute atomic E-state index is 0.0285. The van der Waals surface area contributed by atoms with Crippen molar-refractivity contribution in [3.8, 4) is 0 Å². The van der Waals surface area contributed by atoms with Crippen molar-refractivity contribution in [1.29, 1.82) is 0 Å². The highest BCUT2D eigenvalue weighted by Crippen LogP contribution is 2.12. The first-order valence-electron chi connectivity index (χ1n) is 5.44. The van der Waals surface area contributed by atoms with Crippen molar-refractivity contribution in [1.82, 2.24) is 14.8 Å². The van der Waals surface area contributed by atoms with E-state index in [2.05, 4.69) is 10.1 Å². The SMILES string of the molecule is CSc1nc(N)n(CC(=O)c2ccc(C)cc2)n1. The van der Waals surface area contributed by atoms with E-state index in [1.54, 1.807) is 12.1 Å². The number of aromatic nitrogens is 3. The van der Waals surface area contributed by atoms with Crippen LogP contribution in [-0.2, 0) is 6.54 Å². The maximum Gasteiger partial charge on any atom is 0.219 e. The van der Waals surface area contributed by atoms with Crippen LogP contribution >= 0.6 is 11.8 Å². The molecule has 1 heterocycles. The predicted molar refractivity (Wildman–Crippen MR) is 71.7 cm³/mol. The number of carbonyl (C=O) groups excluding carboxylic acids is 1. The number of Topliss-reactive ketones (excluding diaryl/α,β-unsaturated/α-hetero) is 1. The van der Waals surface area contributed by atoms with Gasteiger partial charge in [0.15, 0.2) is 5.78 Å². The molecule has 1 aromatic carbocycles. The molecule has 0 spiro atoms. The second-order valence-electron chi connectivity index (χ2n) is 3.90. The maximum absolute atomic E-state index is 12.0. The zero-order valence-corrected chi connectivity index (χ0v) is 11.1. The Morgan fingerprint density at radius 1 is 1.39 bits per heavy atom. The molecule has 0 aliphatic rings. The molecule has 1 aromatic heterocycles. The first kappa shape index (κ1) is 12.6. The Labute approximate surface area is 109 Å². The average molecular weight is 262 g/mol. The van der Waals surface area contributed by atoms with E-state index in [1.807, 2.05) is 25.3 Å². The van der Waals surface area contributed by atoms with E-state index >= 15 is 0 Å². The zero-order chi connectivity index (χ0) is 13.1. The van der Waals surface area contributed by atoms with Gasteiger partial charge in [-0.15, -0.1) is 5.10 Å². The fraction of sp³-hybridized carbons (Fsp3) is 0.250. The van der Waals surface area contributed by atoms with E-state index in [0.717, 1.165) is 5.56 Å². The number of hydrogen-bond donors (Lipinski definition) is 1. The molecule has 0 aliphatic heterocycles. The number of hydrogen-bond acceptors (Lipinski definition) is 5. The number of thioether (sulfide) groups is 1. The predicted octanol–water partition coefficient (Wildman–Crippen LogP) is 1.77. The third-order valence-electron chi connectivity index (χ3n) is 2.53. The summed E-state index contributed by atoms with van der Waals surface area (Å²) < 4.78 is 1.42. The molecule has 18 heavy (non-hydrogen) atoms. The Kier molecular flexibility index (Phi) is 3.66. The molecular formula is C12H14N4OS. The van der Waals surface area contributed by atoms with Crippen molar-refractivity contribution < 1.29 is 4.79 Å². The lowest BCUT2D eigenvalue weighted by molar-refractivity contribution is 0.0968. The van der Waals surface area contributed by atoms with E-state index in [0.29, 0.717) is 10.7 Å². The van der Waals surface area contributed by atoms with Crippen molar-refractivity contribution in [3.63, 3.8) is 0 Å². The zero-order valence-electron chi connectivity index (χ0n) is 10.3. The van der Waals surface area contributed by atoms with E-state index in [-0.39, 0.29) is 18.3 Å². The third kappa shape index (κ3) is 2.70. The van der Waals surface area contributed by atoms with Crippen molar-refractivity contribution in [2.24, 2.45) is 0 Å². The molecule has 0 amide bonds. The topological polar surface area (TPSA) is 73.8 Å². The number of aryl methyl sites for hydroxylation is 1. The maximum atomic E-state index is 12.0. The van der Waals surface area contributed by atoms with Gasteiger partial charge in [-0.25, -0.2) is 4.68 Å². The summed E-state index contributed by atoms with van der Waals surface area (Å²) in [4.78, 5) is 16.1. The molecule has 2 N–H and O–H groups in total. The Bertz CT molecular complexity index is 562. The molecule has 5 nitrogen and oxygen atoms in total. The third-order valence-corrected chi connectivity index (χ3v) is 3.07. The molecule has 6 heteroatoms. The Morgan fingerprint density at radius 2 is 2.06 bits per heavy atom. The Hall–Kier alpha value is -1.82. The molecule has 0 atom stereocenters. The molecule has 2 aromatic rings. The number of nitrogens with zero attached hydrogens (tertiary/aromatic N) is 3. The van der Waals surface area contributed by atoms with Gasteiger partial charge in [-0.05, 0) is 13.2 Å².